The fraction of sp³-hybridized carbons (Fsp3) is 0.533. The average Bonchev–Trinajstić information content (AvgIpc) is 2.65. The zero-order valence-corrected chi connectivity index (χ0v) is 11.7. The van der Waals surface area contributed by atoms with Crippen LogP contribution in [0.3, 0.4) is 0 Å². The molecule has 1 aliphatic heterocycles. The minimum Gasteiger partial charge on any atom is -0.306 e. The minimum atomic E-state index is 0.0313. The lowest BCUT2D eigenvalue weighted by atomic mass is 9.87. The van der Waals surface area contributed by atoms with Crippen LogP contribution in [-0.4, -0.2) is 9.55 Å². The van der Waals surface area contributed by atoms with Gasteiger partial charge in [-0.1, -0.05) is 39.8 Å². The summed E-state index contributed by atoms with van der Waals surface area (Å²) in [5.74, 6) is 1.15. The predicted molar refractivity (Wildman–Crippen MR) is 76.1 cm³/mol. The summed E-state index contributed by atoms with van der Waals surface area (Å²) in [5.41, 5.74) is 3.43. The third-order valence-electron chi connectivity index (χ3n) is 3.98. The van der Waals surface area contributed by atoms with Crippen LogP contribution in [0.5, 0.6) is 0 Å². The molecule has 2 unspecified atom stereocenters. The third-order valence-corrected chi connectivity index (χ3v) is 3.98. The molecule has 1 aliphatic rings. The molecule has 0 fully saturated rings. The molecule has 2 heterocycles. The van der Waals surface area contributed by atoms with Crippen molar-refractivity contribution in [2.24, 2.45) is 5.92 Å². The van der Waals surface area contributed by atoms with Crippen molar-refractivity contribution < 1.29 is 0 Å². The van der Waals surface area contributed by atoms with Crippen molar-refractivity contribution in [2.75, 3.05) is 0 Å². The molecule has 0 saturated carbocycles. The highest BCUT2D eigenvalue weighted by molar-refractivity contribution is 5.79. The molecule has 0 saturated heterocycles. The Morgan fingerprint density at radius 3 is 2.72 bits per heavy atom. The van der Waals surface area contributed by atoms with Crippen LogP contribution in [0.1, 0.15) is 45.6 Å². The zero-order chi connectivity index (χ0) is 13.3. The maximum atomic E-state index is 11.8. The van der Waals surface area contributed by atoms with Crippen molar-refractivity contribution >= 4 is 11.0 Å². The van der Waals surface area contributed by atoms with E-state index in [-0.39, 0.29) is 5.69 Å². The molecule has 0 aliphatic carbocycles. The van der Waals surface area contributed by atoms with Crippen molar-refractivity contribution in [1.29, 1.82) is 0 Å². The van der Waals surface area contributed by atoms with Crippen molar-refractivity contribution in [2.45, 2.75) is 46.6 Å². The molecule has 98 valence electrons. The molecule has 0 amide bonds. The molecule has 0 spiro atoms. The first kappa shape index (κ1) is 12.9. The Morgan fingerprint density at radius 1 is 1.28 bits per heavy atom. The second kappa shape index (κ2) is 5.01. The molecule has 1 aromatic carbocycles. The number of benzene rings is 1. The predicted octanol–water partition coefficient (Wildman–Crippen LogP) is 3.50. The number of aryl methyl sites for hydroxylation is 1. The number of hydrogen-bond donors (Lipinski definition) is 1. The topological polar surface area (TPSA) is 37.8 Å². The van der Waals surface area contributed by atoms with Gasteiger partial charge in [0.05, 0.1) is 11.0 Å². The van der Waals surface area contributed by atoms with E-state index in [0.29, 0.717) is 11.8 Å². The van der Waals surface area contributed by atoms with E-state index in [0.717, 1.165) is 24.0 Å². The fourth-order valence-electron chi connectivity index (χ4n) is 2.72. The summed E-state index contributed by atoms with van der Waals surface area (Å²) in [6.45, 7) is 9.36. The first-order valence-electron chi connectivity index (χ1n) is 6.90. The molecule has 18 heavy (non-hydrogen) atoms. The second-order valence-electron chi connectivity index (χ2n) is 4.88. The molecule has 2 aromatic rings. The molecule has 1 N–H and O–H groups in total. The molecule has 3 heteroatoms. The maximum absolute atomic E-state index is 11.8. The maximum Gasteiger partial charge on any atom is 0.326 e. The quantitative estimate of drug-likeness (QED) is 0.759. The molecule has 0 bridgehead atoms. The Labute approximate surface area is 108 Å². The number of nitrogens with one attached hydrogen (secondary N) is 1. The van der Waals surface area contributed by atoms with Gasteiger partial charge in [0.2, 0.25) is 0 Å². The smallest absolute Gasteiger partial charge is 0.306 e. The molecule has 3 nitrogen and oxygen atoms in total. The van der Waals surface area contributed by atoms with Crippen molar-refractivity contribution in [3.63, 3.8) is 0 Å². The number of imidazole rings is 1. The van der Waals surface area contributed by atoms with Crippen LogP contribution in [0, 0.1) is 5.92 Å². The van der Waals surface area contributed by atoms with E-state index in [9.17, 15) is 4.79 Å². The number of aromatic amines is 1. The van der Waals surface area contributed by atoms with Gasteiger partial charge in [-0.3, -0.25) is 4.57 Å². The van der Waals surface area contributed by atoms with Crippen LogP contribution in [0.2, 0.25) is 0 Å². The first-order chi connectivity index (χ1) is 8.68. The lowest BCUT2D eigenvalue weighted by Gasteiger charge is -2.17. The van der Waals surface area contributed by atoms with Crippen LogP contribution >= 0.6 is 0 Å². The number of aromatic nitrogens is 2. The SMILES string of the molecule is CC.CC1CCn2c(=O)[nH]c3cccc(c32)C1C. The third kappa shape index (κ3) is 1.88. The summed E-state index contributed by atoms with van der Waals surface area (Å²) in [6.07, 6.45) is 1.07. The van der Waals surface area contributed by atoms with E-state index in [2.05, 4.69) is 24.9 Å². The summed E-state index contributed by atoms with van der Waals surface area (Å²) in [5, 5.41) is 0. The highest BCUT2D eigenvalue weighted by atomic mass is 16.1. The normalized spacial score (nSPS) is 22.2. The molecular weight excluding hydrogens is 224 g/mol. The zero-order valence-electron chi connectivity index (χ0n) is 11.7. The summed E-state index contributed by atoms with van der Waals surface area (Å²) in [6, 6.07) is 6.17. The van der Waals surface area contributed by atoms with E-state index < -0.39 is 0 Å². The van der Waals surface area contributed by atoms with Crippen LogP contribution < -0.4 is 5.69 Å². The number of rotatable bonds is 0. The molecular formula is C15H22N2O. The van der Waals surface area contributed by atoms with Crippen LogP contribution in [0.25, 0.3) is 11.0 Å². The fourth-order valence-corrected chi connectivity index (χ4v) is 2.72. The standard InChI is InChI=1S/C13H16N2O.C2H6/c1-8-6-7-15-12-10(9(8)2)4-3-5-11(12)14-13(15)16;1-2/h3-5,8-9H,6-7H2,1-2H3,(H,14,16);1-2H3. The Morgan fingerprint density at radius 2 is 2.00 bits per heavy atom. The Kier molecular flexibility index (Phi) is 3.60. The number of hydrogen-bond acceptors (Lipinski definition) is 1. The highest BCUT2D eigenvalue weighted by Crippen LogP contribution is 2.34. The largest absolute Gasteiger partial charge is 0.326 e. The number of para-hydroxylation sites is 1. The number of H-pyrrole nitrogens is 1. The molecule has 0 radical (unpaired) electrons. The lowest BCUT2D eigenvalue weighted by Crippen LogP contribution is -2.16. The average molecular weight is 246 g/mol. The summed E-state index contributed by atoms with van der Waals surface area (Å²) in [4.78, 5) is 14.8. The van der Waals surface area contributed by atoms with E-state index in [1.807, 2.05) is 30.5 Å². The van der Waals surface area contributed by atoms with Gasteiger partial charge in [0.25, 0.3) is 0 Å². The van der Waals surface area contributed by atoms with Crippen molar-refractivity contribution in [3.8, 4) is 0 Å². The van der Waals surface area contributed by atoms with Gasteiger partial charge in [0.15, 0.2) is 0 Å². The van der Waals surface area contributed by atoms with Crippen molar-refractivity contribution in [3.05, 3.63) is 34.2 Å². The van der Waals surface area contributed by atoms with E-state index in [1.165, 1.54) is 5.56 Å². The summed E-state index contributed by atoms with van der Waals surface area (Å²) < 4.78 is 1.89. The Bertz CT molecular complexity index is 594. The molecule has 2 atom stereocenters. The lowest BCUT2D eigenvalue weighted by molar-refractivity contribution is 0.436. The van der Waals surface area contributed by atoms with E-state index >= 15 is 0 Å². The monoisotopic (exact) mass is 246 g/mol. The summed E-state index contributed by atoms with van der Waals surface area (Å²) in [7, 11) is 0. The minimum absolute atomic E-state index is 0.0313. The van der Waals surface area contributed by atoms with Crippen molar-refractivity contribution in [1.82, 2.24) is 9.55 Å². The van der Waals surface area contributed by atoms with Gasteiger partial charge in [0, 0.05) is 6.54 Å². The van der Waals surface area contributed by atoms with Gasteiger partial charge >= 0.3 is 5.69 Å². The van der Waals surface area contributed by atoms with Gasteiger partial charge in [-0.25, -0.2) is 4.79 Å². The van der Waals surface area contributed by atoms with Crippen LogP contribution in [0.15, 0.2) is 23.0 Å². The van der Waals surface area contributed by atoms with Gasteiger partial charge in [-0.2, -0.15) is 0 Å². The first-order valence-corrected chi connectivity index (χ1v) is 6.90. The Balaban J connectivity index is 0.000000574. The van der Waals surface area contributed by atoms with Crippen LogP contribution in [0.4, 0.5) is 0 Å². The highest BCUT2D eigenvalue weighted by Gasteiger charge is 2.23. The molecule has 1 aromatic heterocycles. The second-order valence-corrected chi connectivity index (χ2v) is 4.88. The summed E-state index contributed by atoms with van der Waals surface area (Å²) >= 11 is 0. The van der Waals surface area contributed by atoms with Gasteiger partial charge in [-0.15, -0.1) is 0 Å². The van der Waals surface area contributed by atoms with Gasteiger partial charge < -0.3 is 4.98 Å². The van der Waals surface area contributed by atoms with E-state index in [1.54, 1.807) is 0 Å². The number of nitrogens with zero attached hydrogens (tertiary/aromatic N) is 1. The van der Waals surface area contributed by atoms with Gasteiger partial charge in [-0.05, 0) is 29.9 Å². The van der Waals surface area contributed by atoms with E-state index in [4.69, 9.17) is 0 Å². The Hall–Kier alpha value is -1.51. The molecule has 3 rings (SSSR count). The van der Waals surface area contributed by atoms with Crippen LogP contribution in [-0.2, 0) is 6.54 Å². The van der Waals surface area contributed by atoms with Gasteiger partial charge in [0.1, 0.15) is 0 Å².